The van der Waals surface area contributed by atoms with E-state index >= 15 is 0 Å². The number of amides is 1. The van der Waals surface area contributed by atoms with E-state index in [2.05, 4.69) is 65.5 Å². The van der Waals surface area contributed by atoms with Crippen LogP contribution in [0.25, 0.3) is 17.1 Å². The molecule has 0 saturated heterocycles. The summed E-state index contributed by atoms with van der Waals surface area (Å²) in [4.78, 5) is 16.4. The maximum atomic E-state index is 12.4. The highest BCUT2D eigenvalue weighted by Crippen LogP contribution is 2.28. The summed E-state index contributed by atoms with van der Waals surface area (Å²) < 4.78 is 2.00. The van der Waals surface area contributed by atoms with E-state index < -0.39 is 0 Å². The molecule has 0 atom stereocenters. The molecule has 2 heterocycles. The minimum atomic E-state index is 0.0186. The Balaban J connectivity index is 1.88. The molecular weight excluding hydrogens is 382 g/mol. The number of aryl methyl sites for hydroxylation is 1. The normalized spacial score (nSPS) is 11.0. The fourth-order valence-electron chi connectivity index (χ4n) is 3.06. The van der Waals surface area contributed by atoms with Crippen molar-refractivity contribution < 1.29 is 4.79 Å². The topological polar surface area (TPSA) is 72.7 Å². The number of hydrogen-bond acceptors (Lipinski definition) is 5. The van der Waals surface area contributed by atoms with Crippen molar-refractivity contribution in [1.29, 1.82) is 0 Å². The van der Waals surface area contributed by atoms with Crippen LogP contribution in [-0.4, -0.2) is 37.5 Å². The molecule has 1 N–H and O–H groups in total. The average Bonchev–Trinajstić information content (AvgIpc) is 3.20. The third-order valence-electron chi connectivity index (χ3n) is 4.86. The average molecular weight is 410 g/mol. The van der Waals surface area contributed by atoms with Crippen molar-refractivity contribution in [3.63, 3.8) is 0 Å². The van der Waals surface area contributed by atoms with Crippen LogP contribution in [0.15, 0.2) is 53.9 Å². The summed E-state index contributed by atoms with van der Waals surface area (Å²) in [5.74, 6) is 1.06. The Morgan fingerprint density at radius 1 is 1.03 bits per heavy atom. The zero-order valence-electron chi connectivity index (χ0n) is 17.1. The zero-order chi connectivity index (χ0) is 20.6. The summed E-state index contributed by atoms with van der Waals surface area (Å²) in [5.41, 5.74) is 3.17. The van der Waals surface area contributed by atoms with E-state index in [0.717, 1.165) is 36.3 Å². The number of carbonyl (C=O) groups is 1. The third-order valence-corrected chi connectivity index (χ3v) is 5.79. The quantitative estimate of drug-likeness (QED) is 0.534. The minimum absolute atomic E-state index is 0.0186. The van der Waals surface area contributed by atoms with Gasteiger partial charge in [0.1, 0.15) is 0 Å². The van der Waals surface area contributed by atoms with Crippen molar-refractivity contribution in [2.45, 2.75) is 51.2 Å². The summed E-state index contributed by atoms with van der Waals surface area (Å²) in [5, 5.41) is 12.6. The number of pyridine rings is 1. The lowest BCUT2D eigenvalue weighted by atomic mass is 10.1. The number of hydrogen-bond donors (Lipinski definition) is 1. The Hall–Kier alpha value is -2.67. The number of benzene rings is 1. The molecule has 6 nitrogen and oxygen atoms in total. The van der Waals surface area contributed by atoms with Gasteiger partial charge in [0.25, 0.3) is 0 Å². The molecular formula is C22H27N5OS. The van der Waals surface area contributed by atoms with E-state index in [1.54, 1.807) is 12.4 Å². The third kappa shape index (κ3) is 5.23. The molecule has 0 fully saturated rings. The Bertz CT molecular complexity index is 920. The molecule has 0 aliphatic heterocycles. The van der Waals surface area contributed by atoms with Gasteiger partial charge in [0.2, 0.25) is 5.91 Å². The van der Waals surface area contributed by atoms with Crippen LogP contribution >= 0.6 is 11.8 Å². The predicted molar refractivity (Wildman–Crippen MR) is 117 cm³/mol. The number of nitrogens with zero attached hydrogens (tertiary/aromatic N) is 4. The largest absolute Gasteiger partial charge is 0.353 e. The maximum absolute atomic E-state index is 12.4. The summed E-state index contributed by atoms with van der Waals surface area (Å²) in [7, 11) is 0. The van der Waals surface area contributed by atoms with Gasteiger partial charge in [-0.2, -0.15) is 0 Å². The Morgan fingerprint density at radius 2 is 1.72 bits per heavy atom. The van der Waals surface area contributed by atoms with E-state index in [9.17, 15) is 4.79 Å². The highest BCUT2D eigenvalue weighted by atomic mass is 32.2. The van der Waals surface area contributed by atoms with Crippen LogP contribution in [0.4, 0.5) is 0 Å². The first-order chi connectivity index (χ1) is 14.2. The van der Waals surface area contributed by atoms with Gasteiger partial charge in [0.15, 0.2) is 11.0 Å². The van der Waals surface area contributed by atoms with Gasteiger partial charge in [-0.05, 0) is 49.1 Å². The first-order valence-electron chi connectivity index (χ1n) is 10.0. The van der Waals surface area contributed by atoms with Gasteiger partial charge in [0.05, 0.1) is 5.75 Å². The number of aromatic nitrogens is 4. The van der Waals surface area contributed by atoms with Crippen molar-refractivity contribution >= 4 is 17.7 Å². The molecule has 0 aliphatic rings. The second kappa shape index (κ2) is 10.2. The SMILES string of the molecule is CCc1ccc(-n2c(SCC(=O)NC(CC)CC)nnc2-c2ccncc2)cc1. The van der Waals surface area contributed by atoms with Crippen LogP contribution in [0, 0.1) is 0 Å². The molecule has 2 aromatic heterocycles. The van der Waals surface area contributed by atoms with Crippen molar-refractivity contribution in [3.8, 4) is 17.1 Å². The summed E-state index contributed by atoms with van der Waals surface area (Å²) in [6, 6.07) is 12.4. The molecule has 0 unspecified atom stereocenters. The summed E-state index contributed by atoms with van der Waals surface area (Å²) in [6.45, 7) is 6.30. The minimum Gasteiger partial charge on any atom is -0.353 e. The Labute approximate surface area is 176 Å². The lowest BCUT2D eigenvalue weighted by Crippen LogP contribution is -2.35. The van der Waals surface area contributed by atoms with Gasteiger partial charge in [-0.1, -0.05) is 44.7 Å². The molecule has 29 heavy (non-hydrogen) atoms. The molecule has 3 rings (SSSR count). The van der Waals surface area contributed by atoms with E-state index in [1.165, 1.54) is 17.3 Å². The van der Waals surface area contributed by atoms with Crippen LogP contribution < -0.4 is 5.32 Å². The molecule has 1 aromatic carbocycles. The molecule has 1 amide bonds. The molecule has 0 saturated carbocycles. The van der Waals surface area contributed by atoms with Crippen LogP contribution in [0.2, 0.25) is 0 Å². The Kier molecular flexibility index (Phi) is 7.41. The number of rotatable bonds is 9. The summed E-state index contributed by atoms with van der Waals surface area (Å²) >= 11 is 1.40. The van der Waals surface area contributed by atoms with Crippen LogP contribution in [-0.2, 0) is 11.2 Å². The van der Waals surface area contributed by atoms with E-state index in [4.69, 9.17) is 0 Å². The number of nitrogens with one attached hydrogen (secondary N) is 1. The van der Waals surface area contributed by atoms with Gasteiger partial charge >= 0.3 is 0 Å². The molecule has 0 aliphatic carbocycles. The first-order valence-corrected chi connectivity index (χ1v) is 11.0. The van der Waals surface area contributed by atoms with Gasteiger partial charge in [-0.3, -0.25) is 14.3 Å². The first kappa shape index (κ1) is 21.0. The van der Waals surface area contributed by atoms with Gasteiger partial charge in [0, 0.05) is 29.7 Å². The number of carbonyl (C=O) groups excluding carboxylic acids is 1. The molecule has 0 bridgehead atoms. The van der Waals surface area contributed by atoms with Crippen molar-refractivity contribution in [2.24, 2.45) is 0 Å². The van der Waals surface area contributed by atoms with Crippen molar-refractivity contribution in [2.75, 3.05) is 5.75 Å². The van der Waals surface area contributed by atoms with E-state index in [0.29, 0.717) is 10.9 Å². The van der Waals surface area contributed by atoms with E-state index in [1.807, 2.05) is 16.7 Å². The molecule has 152 valence electrons. The van der Waals surface area contributed by atoms with Crippen LogP contribution in [0.5, 0.6) is 0 Å². The van der Waals surface area contributed by atoms with Crippen LogP contribution in [0.3, 0.4) is 0 Å². The lowest BCUT2D eigenvalue weighted by molar-refractivity contribution is -0.119. The molecule has 3 aromatic rings. The monoisotopic (exact) mass is 409 g/mol. The second-order valence-corrected chi connectivity index (χ2v) is 7.71. The lowest BCUT2D eigenvalue weighted by Gasteiger charge is -2.14. The van der Waals surface area contributed by atoms with Crippen molar-refractivity contribution in [3.05, 3.63) is 54.4 Å². The molecule has 0 spiro atoms. The standard InChI is InChI=1S/C22H27N5OS/c1-4-16-7-9-19(10-8-16)27-21(17-11-13-23-14-12-17)25-26-22(27)29-15-20(28)24-18(5-2)6-3/h7-14,18H,4-6,15H2,1-3H3,(H,24,28). The zero-order valence-corrected chi connectivity index (χ0v) is 17.9. The van der Waals surface area contributed by atoms with Gasteiger partial charge in [-0.15, -0.1) is 10.2 Å². The maximum Gasteiger partial charge on any atom is 0.230 e. The number of thioether (sulfide) groups is 1. The van der Waals surface area contributed by atoms with Crippen molar-refractivity contribution in [1.82, 2.24) is 25.1 Å². The van der Waals surface area contributed by atoms with Gasteiger partial charge in [-0.25, -0.2) is 0 Å². The van der Waals surface area contributed by atoms with E-state index in [-0.39, 0.29) is 11.9 Å². The van der Waals surface area contributed by atoms with Gasteiger partial charge < -0.3 is 5.32 Å². The molecule has 0 radical (unpaired) electrons. The second-order valence-electron chi connectivity index (χ2n) is 6.77. The summed E-state index contributed by atoms with van der Waals surface area (Å²) in [6.07, 6.45) is 6.32. The fourth-order valence-corrected chi connectivity index (χ4v) is 3.82. The Morgan fingerprint density at radius 3 is 2.34 bits per heavy atom. The predicted octanol–water partition coefficient (Wildman–Crippen LogP) is 4.29. The molecule has 7 heteroatoms. The highest BCUT2D eigenvalue weighted by molar-refractivity contribution is 7.99. The fraction of sp³-hybridized carbons (Fsp3) is 0.364. The highest BCUT2D eigenvalue weighted by Gasteiger charge is 2.18. The van der Waals surface area contributed by atoms with Crippen LogP contribution in [0.1, 0.15) is 39.2 Å². The smallest absolute Gasteiger partial charge is 0.230 e.